The molecule has 18 heavy (non-hydrogen) atoms. The third-order valence-electron chi connectivity index (χ3n) is 3.41. The zero-order valence-electron chi connectivity index (χ0n) is 10.8. The first-order chi connectivity index (χ1) is 8.55. The minimum Gasteiger partial charge on any atom is -0.497 e. The number of sulfonamides is 1. The normalized spacial score (nSPS) is 21.8. The van der Waals surface area contributed by atoms with Crippen LogP contribution >= 0.6 is 0 Å². The van der Waals surface area contributed by atoms with Crippen LogP contribution in [0.5, 0.6) is 5.75 Å². The van der Waals surface area contributed by atoms with Gasteiger partial charge in [-0.05, 0) is 44.0 Å². The summed E-state index contributed by atoms with van der Waals surface area (Å²) in [6.45, 7) is 2.59. The summed E-state index contributed by atoms with van der Waals surface area (Å²) in [5, 5.41) is 0. The highest BCUT2D eigenvalue weighted by atomic mass is 32.2. The summed E-state index contributed by atoms with van der Waals surface area (Å²) < 4.78 is 31.6. The van der Waals surface area contributed by atoms with Crippen molar-refractivity contribution >= 4 is 10.0 Å². The molecule has 1 aromatic carbocycles. The summed E-state index contributed by atoms with van der Waals surface area (Å²) in [5.74, 6) is 0.667. The summed E-state index contributed by atoms with van der Waals surface area (Å²) in [6, 6.07) is 6.67. The summed E-state index contributed by atoms with van der Waals surface area (Å²) in [4.78, 5) is 0.344. The summed E-state index contributed by atoms with van der Waals surface area (Å²) in [5.41, 5.74) is 0. The fraction of sp³-hybridized carbons (Fsp3) is 0.538. The maximum atomic E-state index is 12.5. The Bertz CT molecular complexity index is 495. The molecule has 1 fully saturated rings. The van der Waals surface area contributed by atoms with Crippen molar-refractivity contribution in [2.45, 2.75) is 37.1 Å². The maximum Gasteiger partial charge on any atom is 0.243 e. The van der Waals surface area contributed by atoms with E-state index in [1.807, 2.05) is 6.92 Å². The van der Waals surface area contributed by atoms with E-state index in [0.29, 0.717) is 17.2 Å². The highest BCUT2D eigenvalue weighted by Gasteiger charge is 2.30. The van der Waals surface area contributed by atoms with Gasteiger partial charge in [0.25, 0.3) is 0 Å². The second-order valence-corrected chi connectivity index (χ2v) is 6.53. The van der Waals surface area contributed by atoms with Gasteiger partial charge in [-0.2, -0.15) is 4.31 Å². The molecule has 2 rings (SSSR count). The smallest absolute Gasteiger partial charge is 0.243 e. The van der Waals surface area contributed by atoms with Gasteiger partial charge in [-0.1, -0.05) is 6.42 Å². The Morgan fingerprint density at radius 3 is 2.44 bits per heavy atom. The Morgan fingerprint density at radius 2 is 1.89 bits per heavy atom. The highest BCUT2D eigenvalue weighted by molar-refractivity contribution is 7.89. The number of rotatable bonds is 3. The first-order valence-electron chi connectivity index (χ1n) is 6.21. The number of benzene rings is 1. The van der Waals surface area contributed by atoms with Crippen molar-refractivity contribution in [1.82, 2.24) is 4.31 Å². The fourth-order valence-electron chi connectivity index (χ4n) is 2.31. The Morgan fingerprint density at radius 1 is 1.22 bits per heavy atom. The van der Waals surface area contributed by atoms with Gasteiger partial charge in [0.05, 0.1) is 12.0 Å². The van der Waals surface area contributed by atoms with E-state index in [1.165, 1.54) is 0 Å². The third kappa shape index (κ3) is 2.52. The summed E-state index contributed by atoms with van der Waals surface area (Å²) in [6.07, 6.45) is 2.99. The molecular weight excluding hydrogens is 250 g/mol. The molecule has 4 nitrogen and oxygen atoms in total. The zero-order valence-corrected chi connectivity index (χ0v) is 11.6. The lowest BCUT2D eigenvalue weighted by Crippen LogP contribution is -2.41. The van der Waals surface area contributed by atoms with Gasteiger partial charge in [0.15, 0.2) is 0 Å². The van der Waals surface area contributed by atoms with Crippen molar-refractivity contribution in [3.8, 4) is 5.75 Å². The number of ether oxygens (including phenoxy) is 1. The number of hydrogen-bond donors (Lipinski definition) is 0. The van der Waals surface area contributed by atoms with Gasteiger partial charge >= 0.3 is 0 Å². The van der Waals surface area contributed by atoms with Gasteiger partial charge in [0.2, 0.25) is 10.0 Å². The predicted octanol–water partition coefficient (Wildman–Crippen LogP) is 2.26. The van der Waals surface area contributed by atoms with E-state index < -0.39 is 10.0 Å². The Balaban J connectivity index is 2.28. The van der Waals surface area contributed by atoms with E-state index in [4.69, 9.17) is 4.74 Å². The molecule has 0 bridgehead atoms. The average Bonchev–Trinajstić information content (AvgIpc) is 2.39. The number of piperidine rings is 1. The average molecular weight is 269 g/mol. The molecule has 0 radical (unpaired) electrons. The second kappa shape index (κ2) is 5.28. The van der Waals surface area contributed by atoms with E-state index in [0.717, 1.165) is 19.3 Å². The minimum atomic E-state index is -3.36. The van der Waals surface area contributed by atoms with E-state index in [-0.39, 0.29) is 6.04 Å². The molecule has 1 aromatic rings. The van der Waals surface area contributed by atoms with Crippen LogP contribution in [0.3, 0.4) is 0 Å². The monoisotopic (exact) mass is 269 g/mol. The quantitative estimate of drug-likeness (QED) is 0.845. The maximum absolute atomic E-state index is 12.5. The van der Waals surface area contributed by atoms with Crippen LogP contribution in [-0.4, -0.2) is 32.4 Å². The second-order valence-electron chi connectivity index (χ2n) is 4.64. The van der Waals surface area contributed by atoms with Gasteiger partial charge < -0.3 is 4.74 Å². The SMILES string of the molecule is COc1ccc(S(=O)(=O)N2CCCCC2C)cc1. The first-order valence-corrected chi connectivity index (χ1v) is 7.65. The molecule has 1 aliphatic heterocycles. The van der Waals surface area contributed by atoms with E-state index in [2.05, 4.69) is 0 Å². The minimum absolute atomic E-state index is 0.0888. The van der Waals surface area contributed by atoms with Crippen LogP contribution < -0.4 is 4.74 Å². The Labute approximate surface area is 109 Å². The van der Waals surface area contributed by atoms with Crippen molar-refractivity contribution in [3.63, 3.8) is 0 Å². The lowest BCUT2D eigenvalue weighted by Gasteiger charge is -2.32. The number of methoxy groups -OCH3 is 1. The third-order valence-corrected chi connectivity index (χ3v) is 5.44. The first kappa shape index (κ1) is 13.4. The van der Waals surface area contributed by atoms with Crippen LogP contribution in [0.4, 0.5) is 0 Å². The van der Waals surface area contributed by atoms with E-state index in [1.54, 1.807) is 35.7 Å². The zero-order chi connectivity index (χ0) is 13.2. The van der Waals surface area contributed by atoms with Crippen LogP contribution in [0.15, 0.2) is 29.2 Å². The van der Waals surface area contributed by atoms with Gasteiger partial charge in [0, 0.05) is 12.6 Å². The van der Waals surface area contributed by atoms with Crippen LogP contribution in [-0.2, 0) is 10.0 Å². The van der Waals surface area contributed by atoms with Gasteiger partial charge in [0.1, 0.15) is 5.75 Å². The molecule has 100 valence electrons. The van der Waals surface area contributed by atoms with E-state index >= 15 is 0 Å². The fourth-order valence-corrected chi connectivity index (χ4v) is 4.01. The van der Waals surface area contributed by atoms with Crippen molar-refractivity contribution in [1.29, 1.82) is 0 Å². The van der Waals surface area contributed by atoms with Crippen LogP contribution in [0.2, 0.25) is 0 Å². The van der Waals surface area contributed by atoms with Crippen molar-refractivity contribution < 1.29 is 13.2 Å². The number of hydrogen-bond acceptors (Lipinski definition) is 3. The van der Waals surface area contributed by atoms with Crippen molar-refractivity contribution in [2.75, 3.05) is 13.7 Å². The van der Waals surface area contributed by atoms with Crippen LogP contribution in [0, 0.1) is 0 Å². The molecule has 1 saturated heterocycles. The molecule has 0 spiro atoms. The molecule has 1 aliphatic rings. The molecule has 0 aromatic heterocycles. The summed E-state index contributed by atoms with van der Waals surface area (Å²) in [7, 11) is -1.79. The molecule has 1 heterocycles. The molecule has 1 atom stereocenters. The van der Waals surface area contributed by atoms with E-state index in [9.17, 15) is 8.42 Å². The molecule has 0 aliphatic carbocycles. The van der Waals surface area contributed by atoms with Crippen molar-refractivity contribution in [3.05, 3.63) is 24.3 Å². The van der Waals surface area contributed by atoms with Crippen LogP contribution in [0.25, 0.3) is 0 Å². The predicted molar refractivity (Wildman–Crippen MR) is 70.2 cm³/mol. The highest BCUT2D eigenvalue weighted by Crippen LogP contribution is 2.26. The molecule has 1 unspecified atom stereocenters. The molecule has 5 heteroatoms. The van der Waals surface area contributed by atoms with Crippen LogP contribution in [0.1, 0.15) is 26.2 Å². The van der Waals surface area contributed by atoms with Gasteiger partial charge in [-0.15, -0.1) is 0 Å². The standard InChI is InChI=1S/C13H19NO3S/c1-11-5-3-4-10-14(11)18(15,16)13-8-6-12(17-2)7-9-13/h6-9,11H,3-5,10H2,1-2H3. The van der Waals surface area contributed by atoms with Gasteiger partial charge in [-0.3, -0.25) is 0 Å². The molecule has 0 N–H and O–H groups in total. The van der Waals surface area contributed by atoms with Gasteiger partial charge in [-0.25, -0.2) is 8.42 Å². The topological polar surface area (TPSA) is 46.6 Å². The lowest BCUT2D eigenvalue weighted by molar-refractivity contribution is 0.268. The molecule has 0 saturated carbocycles. The Hall–Kier alpha value is -1.07. The Kier molecular flexibility index (Phi) is 3.92. The largest absolute Gasteiger partial charge is 0.497 e. The summed E-state index contributed by atoms with van der Waals surface area (Å²) >= 11 is 0. The van der Waals surface area contributed by atoms with Crippen molar-refractivity contribution in [2.24, 2.45) is 0 Å². The lowest BCUT2D eigenvalue weighted by atomic mass is 10.1. The number of nitrogens with zero attached hydrogens (tertiary/aromatic N) is 1. The molecule has 0 amide bonds. The molecular formula is C13H19NO3S.